The molecule has 2 heterocycles. The van der Waals surface area contributed by atoms with Crippen LogP contribution in [0.15, 0.2) is 30.6 Å². The summed E-state index contributed by atoms with van der Waals surface area (Å²) in [4.78, 5) is 4.36. The number of pyridine rings is 1. The Morgan fingerprint density at radius 1 is 1.38 bits per heavy atom. The van der Waals surface area contributed by atoms with Gasteiger partial charge in [-0.25, -0.2) is 4.98 Å². The first-order valence-corrected chi connectivity index (χ1v) is 5.89. The van der Waals surface area contributed by atoms with E-state index in [1.165, 1.54) is 12.1 Å². The maximum Gasteiger partial charge on any atom is 0.136 e. The Kier molecular flexibility index (Phi) is 3.57. The minimum Gasteiger partial charge on any atom is -0.311 e. The van der Waals surface area contributed by atoms with Gasteiger partial charge in [-0.05, 0) is 31.0 Å². The van der Waals surface area contributed by atoms with Crippen LogP contribution in [0.25, 0.3) is 5.65 Å². The van der Waals surface area contributed by atoms with Crippen molar-refractivity contribution in [1.29, 1.82) is 0 Å². The maximum atomic E-state index is 4.36. The summed E-state index contributed by atoms with van der Waals surface area (Å²) in [5.41, 5.74) is 2.24. The number of aromatic nitrogens is 2. The first-order valence-electron chi connectivity index (χ1n) is 5.89. The summed E-state index contributed by atoms with van der Waals surface area (Å²) >= 11 is 0. The average molecular weight is 217 g/mol. The second-order valence-electron chi connectivity index (χ2n) is 4.54. The molecule has 0 aliphatic rings. The largest absolute Gasteiger partial charge is 0.311 e. The summed E-state index contributed by atoms with van der Waals surface area (Å²) in [5, 5.41) is 3.45. The van der Waals surface area contributed by atoms with E-state index in [9.17, 15) is 0 Å². The molecule has 0 saturated heterocycles. The van der Waals surface area contributed by atoms with Crippen molar-refractivity contribution in [1.82, 2.24) is 14.7 Å². The molecule has 0 amide bonds. The van der Waals surface area contributed by atoms with Gasteiger partial charge in [-0.2, -0.15) is 0 Å². The summed E-state index contributed by atoms with van der Waals surface area (Å²) in [7, 11) is 0. The lowest BCUT2D eigenvalue weighted by molar-refractivity contribution is 0.534. The van der Waals surface area contributed by atoms with E-state index in [-0.39, 0.29) is 0 Å². The van der Waals surface area contributed by atoms with Crippen molar-refractivity contribution in [2.24, 2.45) is 5.92 Å². The number of nitrogens with zero attached hydrogens (tertiary/aromatic N) is 2. The highest BCUT2D eigenvalue weighted by atomic mass is 15.0. The van der Waals surface area contributed by atoms with E-state index in [2.05, 4.69) is 34.7 Å². The minimum absolute atomic E-state index is 0.759. The molecule has 0 aromatic carbocycles. The van der Waals surface area contributed by atoms with E-state index < -0.39 is 0 Å². The van der Waals surface area contributed by atoms with Gasteiger partial charge in [0.15, 0.2) is 0 Å². The molecule has 0 aliphatic heterocycles. The molecule has 0 unspecified atom stereocenters. The van der Waals surface area contributed by atoms with Crippen molar-refractivity contribution in [3.05, 3.63) is 36.3 Å². The third kappa shape index (κ3) is 2.61. The van der Waals surface area contributed by atoms with Crippen molar-refractivity contribution in [3.8, 4) is 0 Å². The molecule has 86 valence electrons. The molecular formula is C13H19N3. The van der Waals surface area contributed by atoms with E-state index in [1.807, 2.05) is 24.4 Å². The SMILES string of the molecule is CC(C)CCNCc1cnc2ccccn12. The first kappa shape index (κ1) is 11.1. The smallest absolute Gasteiger partial charge is 0.136 e. The second kappa shape index (κ2) is 5.12. The predicted octanol–water partition coefficient (Wildman–Crippen LogP) is 2.47. The van der Waals surface area contributed by atoms with E-state index >= 15 is 0 Å². The summed E-state index contributed by atoms with van der Waals surface area (Å²) in [5.74, 6) is 0.759. The lowest BCUT2D eigenvalue weighted by Crippen LogP contribution is -2.17. The highest BCUT2D eigenvalue weighted by Gasteiger charge is 2.01. The van der Waals surface area contributed by atoms with Crippen LogP contribution < -0.4 is 5.32 Å². The lowest BCUT2D eigenvalue weighted by Gasteiger charge is -2.06. The van der Waals surface area contributed by atoms with Crippen LogP contribution in [-0.4, -0.2) is 15.9 Å². The molecule has 3 heteroatoms. The molecule has 0 atom stereocenters. The van der Waals surface area contributed by atoms with Gasteiger partial charge in [-0.15, -0.1) is 0 Å². The number of hydrogen-bond acceptors (Lipinski definition) is 2. The molecule has 0 fully saturated rings. The van der Waals surface area contributed by atoms with Gasteiger partial charge in [-0.1, -0.05) is 19.9 Å². The number of fused-ring (bicyclic) bond motifs is 1. The quantitative estimate of drug-likeness (QED) is 0.780. The molecule has 0 bridgehead atoms. The molecule has 0 radical (unpaired) electrons. The van der Waals surface area contributed by atoms with Crippen molar-refractivity contribution in [2.45, 2.75) is 26.8 Å². The van der Waals surface area contributed by atoms with Crippen LogP contribution in [0.1, 0.15) is 26.0 Å². The fraction of sp³-hybridized carbons (Fsp3) is 0.462. The molecular weight excluding hydrogens is 198 g/mol. The Morgan fingerprint density at radius 2 is 2.25 bits per heavy atom. The van der Waals surface area contributed by atoms with Crippen molar-refractivity contribution < 1.29 is 0 Å². The Bertz CT molecular complexity index is 445. The topological polar surface area (TPSA) is 29.3 Å². The normalized spacial score (nSPS) is 11.4. The van der Waals surface area contributed by atoms with Gasteiger partial charge in [-0.3, -0.25) is 0 Å². The van der Waals surface area contributed by atoms with E-state index in [1.54, 1.807) is 0 Å². The van der Waals surface area contributed by atoms with Crippen LogP contribution in [0.2, 0.25) is 0 Å². The highest BCUT2D eigenvalue weighted by Crippen LogP contribution is 2.05. The second-order valence-corrected chi connectivity index (χ2v) is 4.54. The maximum absolute atomic E-state index is 4.36. The van der Waals surface area contributed by atoms with E-state index in [0.717, 1.165) is 24.7 Å². The Morgan fingerprint density at radius 3 is 3.06 bits per heavy atom. The number of imidazole rings is 1. The Balaban J connectivity index is 1.94. The summed E-state index contributed by atoms with van der Waals surface area (Å²) in [6.45, 7) is 6.45. The van der Waals surface area contributed by atoms with Gasteiger partial charge >= 0.3 is 0 Å². The Hall–Kier alpha value is -1.35. The number of rotatable bonds is 5. The zero-order valence-electron chi connectivity index (χ0n) is 9.98. The Labute approximate surface area is 96.5 Å². The molecule has 16 heavy (non-hydrogen) atoms. The fourth-order valence-electron chi connectivity index (χ4n) is 1.72. The predicted molar refractivity (Wildman–Crippen MR) is 66.4 cm³/mol. The van der Waals surface area contributed by atoms with Crippen LogP contribution in [0.5, 0.6) is 0 Å². The molecule has 0 aliphatic carbocycles. The van der Waals surface area contributed by atoms with Gasteiger partial charge in [0.05, 0.1) is 11.9 Å². The molecule has 2 aromatic heterocycles. The summed E-state index contributed by atoms with van der Waals surface area (Å²) in [6.07, 6.45) is 5.22. The van der Waals surface area contributed by atoms with Crippen molar-refractivity contribution in [3.63, 3.8) is 0 Å². The molecule has 1 N–H and O–H groups in total. The van der Waals surface area contributed by atoms with Gasteiger partial charge in [0.25, 0.3) is 0 Å². The van der Waals surface area contributed by atoms with Crippen LogP contribution >= 0.6 is 0 Å². The van der Waals surface area contributed by atoms with Crippen molar-refractivity contribution >= 4 is 5.65 Å². The first-order chi connectivity index (χ1) is 7.77. The minimum atomic E-state index is 0.759. The van der Waals surface area contributed by atoms with Crippen molar-refractivity contribution in [2.75, 3.05) is 6.54 Å². The van der Waals surface area contributed by atoms with Crippen LogP contribution in [0, 0.1) is 5.92 Å². The van der Waals surface area contributed by atoms with E-state index in [0.29, 0.717) is 0 Å². The molecule has 0 saturated carbocycles. The van der Waals surface area contributed by atoms with E-state index in [4.69, 9.17) is 0 Å². The molecule has 2 rings (SSSR count). The number of hydrogen-bond donors (Lipinski definition) is 1. The summed E-state index contributed by atoms with van der Waals surface area (Å²) in [6, 6.07) is 6.07. The lowest BCUT2D eigenvalue weighted by atomic mass is 10.1. The molecule has 0 spiro atoms. The average Bonchev–Trinajstić information content (AvgIpc) is 2.68. The fourth-order valence-corrected chi connectivity index (χ4v) is 1.72. The highest BCUT2D eigenvalue weighted by molar-refractivity contribution is 5.39. The van der Waals surface area contributed by atoms with Gasteiger partial charge in [0, 0.05) is 12.7 Å². The third-order valence-corrected chi connectivity index (χ3v) is 2.70. The molecule has 2 aromatic rings. The van der Waals surface area contributed by atoms with Gasteiger partial charge in [0.2, 0.25) is 0 Å². The summed E-state index contributed by atoms with van der Waals surface area (Å²) < 4.78 is 2.13. The molecule has 3 nitrogen and oxygen atoms in total. The standard InChI is InChI=1S/C13H19N3/c1-11(2)6-7-14-9-12-10-15-13-5-3-4-8-16(12)13/h3-5,8,10-11,14H,6-7,9H2,1-2H3. The van der Waals surface area contributed by atoms with Crippen LogP contribution in [0.3, 0.4) is 0 Å². The zero-order valence-corrected chi connectivity index (χ0v) is 9.98. The van der Waals surface area contributed by atoms with Gasteiger partial charge in [0.1, 0.15) is 5.65 Å². The zero-order chi connectivity index (χ0) is 11.4. The van der Waals surface area contributed by atoms with Crippen LogP contribution in [-0.2, 0) is 6.54 Å². The van der Waals surface area contributed by atoms with Gasteiger partial charge < -0.3 is 9.72 Å². The monoisotopic (exact) mass is 217 g/mol. The third-order valence-electron chi connectivity index (χ3n) is 2.70. The number of nitrogens with one attached hydrogen (secondary N) is 1. The van der Waals surface area contributed by atoms with Crippen LogP contribution in [0.4, 0.5) is 0 Å².